The zero-order chi connectivity index (χ0) is 12.4. The molecule has 4 nitrogen and oxygen atoms in total. The molecule has 0 aliphatic carbocycles. The molecule has 0 spiro atoms. The summed E-state index contributed by atoms with van der Waals surface area (Å²) in [6.45, 7) is 2.35. The standard InChI is InChI=1S/C14H16N2O2/c1-17-11-3-5-12-10(8-11)2-4-13(16-12)14-9-18-7-6-15-14/h2-5,8,14-15H,6-7,9H2,1H3. The van der Waals surface area contributed by atoms with E-state index in [1.807, 2.05) is 24.3 Å². The number of rotatable bonds is 2. The number of benzene rings is 1. The fourth-order valence-corrected chi connectivity index (χ4v) is 2.20. The Morgan fingerprint density at radius 1 is 1.33 bits per heavy atom. The Bertz CT molecular complexity index is 550. The van der Waals surface area contributed by atoms with Gasteiger partial charge in [0.15, 0.2) is 0 Å². The second kappa shape index (κ2) is 4.92. The van der Waals surface area contributed by atoms with E-state index in [9.17, 15) is 0 Å². The van der Waals surface area contributed by atoms with Gasteiger partial charge in [0, 0.05) is 11.9 Å². The number of nitrogens with zero attached hydrogens (tertiary/aromatic N) is 1. The van der Waals surface area contributed by atoms with Crippen molar-refractivity contribution in [3.8, 4) is 5.75 Å². The molecule has 1 unspecified atom stereocenters. The van der Waals surface area contributed by atoms with Crippen molar-refractivity contribution in [3.05, 3.63) is 36.0 Å². The molecule has 1 aromatic heterocycles. The van der Waals surface area contributed by atoms with Crippen molar-refractivity contribution in [3.63, 3.8) is 0 Å². The van der Waals surface area contributed by atoms with Gasteiger partial charge in [0.25, 0.3) is 0 Å². The summed E-state index contributed by atoms with van der Waals surface area (Å²) in [4.78, 5) is 4.68. The van der Waals surface area contributed by atoms with Gasteiger partial charge in [-0.15, -0.1) is 0 Å². The smallest absolute Gasteiger partial charge is 0.119 e. The highest BCUT2D eigenvalue weighted by molar-refractivity contribution is 5.80. The molecule has 18 heavy (non-hydrogen) atoms. The van der Waals surface area contributed by atoms with Gasteiger partial charge in [-0.1, -0.05) is 6.07 Å². The second-order valence-electron chi connectivity index (χ2n) is 4.38. The Kier molecular flexibility index (Phi) is 3.13. The minimum absolute atomic E-state index is 0.199. The number of ether oxygens (including phenoxy) is 2. The Balaban J connectivity index is 1.95. The van der Waals surface area contributed by atoms with Gasteiger partial charge in [0.2, 0.25) is 0 Å². The van der Waals surface area contributed by atoms with Crippen LogP contribution in [-0.4, -0.2) is 31.9 Å². The summed E-state index contributed by atoms with van der Waals surface area (Å²) in [7, 11) is 1.67. The summed E-state index contributed by atoms with van der Waals surface area (Å²) in [5.74, 6) is 0.858. The van der Waals surface area contributed by atoms with Crippen LogP contribution in [0.4, 0.5) is 0 Å². The molecule has 1 aliphatic heterocycles. The maximum atomic E-state index is 5.46. The summed E-state index contributed by atoms with van der Waals surface area (Å²) < 4.78 is 10.7. The van der Waals surface area contributed by atoms with Crippen LogP contribution in [0, 0.1) is 0 Å². The van der Waals surface area contributed by atoms with Crippen LogP contribution in [-0.2, 0) is 4.74 Å². The largest absolute Gasteiger partial charge is 0.497 e. The number of fused-ring (bicyclic) bond motifs is 1. The van der Waals surface area contributed by atoms with Gasteiger partial charge >= 0.3 is 0 Å². The predicted octanol–water partition coefficient (Wildman–Crippen LogP) is 1.90. The highest BCUT2D eigenvalue weighted by Gasteiger charge is 2.16. The first kappa shape index (κ1) is 11.4. The SMILES string of the molecule is COc1ccc2nc(C3COCCN3)ccc2c1. The highest BCUT2D eigenvalue weighted by Crippen LogP contribution is 2.22. The van der Waals surface area contributed by atoms with Crippen LogP contribution < -0.4 is 10.1 Å². The predicted molar refractivity (Wildman–Crippen MR) is 69.9 cm³/mol. The van der Waals surface area contributed by atoms with Crippen LogP contribution in [0.5, 0.6) is 5.75 Å². The third-order valence-electron chi connectivity index (χ3n) is 3.20. The van der Waals surface area contributed by atoms with E-state index in [0.29, 0.717) is 6.61 Å². The number of methoxy groups -OCH3 is 1. The zero-order valence-corrected chi connectivity index (χ0v) is 10.3. The first-order valence-corrected chi connectivity index (χ1v) is 6.12. The van der Waals surface area contributed by atoms with E-state index < -0.39 is 0 Å². The van der Waals surface area contributed by atoms with Crippen molar-refractivity contribution in [1.82, 2.24) is 10.3 Å². The first-order valence-electron chi connectivity index (χ1n) is 6.12. The van der Waals surface area contributed by atoms with Gasteiger partial charge < -0.3 is 14.8 Å². The summed E-state index contributed by atoms with van der Waals surface area (Å²) in [5, 5.41) is 4.50. The van der Waals surface area contributed by atoms with E-state index in [4.69, 9.17) is 9.47 Å². The molecule has 0 bridgehead atoms. The monoisotopic (exact) mass is 244 g/mol. The minimum Gasteiger partial charge on any atom is -0.497 e. The molecular weight excluding hydrogens is 228 g/mol. The van der Waals surface area contributed by atoms with Gasteiger partial charge in [-0.25, -0.2) is 0 Å². The number of pyridine rings is 1. The molecule has 1 atom stereocenters. The topological polar surface area (TPSA) is 43.4 Å². The number of hydrogen-bond acceptors (Lipinski definition) is 4. The average Bonchev–Trinajstić information content (AvgIpc) is 2.47. The minimum atomic E-state index is 0.199. The lowest BCUT2D eigenvalue weighted by atomic mass is 10.1. The molecule has 2 heterocycles. The zero-order valence-electron chi connectivity index (χ0n) is 10.3. The van der Waals surface area contributed by atoms with Crippen molar-refractivity contribution in [2.24, 2.45) is 0 Å². The molecular formula is C14H16N2O2. The van der Waals surface area contributed by atoms with Crippen LogP contribution in [0.25, 0.3) is 10.9 Å². The summed E-state index contributed by atoms with van der Waals surface area (Å²) in [6.07, 6.45) is 0. The molecule has 94 valence electrons. The molecule has 1 fully saturated rings. The summed E-state index contributed by atoms with van der Waals surface area (Å²) in [5.41, 5.74) is 2.02. The molecule has 0 saturated carbocycles. The maximum Gasteiger partial charge on any atom is 0.119 e. The molecule has 1 N–H and O–H groups in total. The van der Waals surface area contributed by atoms with Crippen molar-refractivity contribution in [1.29, 1.82) is 0 Å². The van der Waals surface area contributed by atoms with E-state index in [0.717, 1.165) is 35.5 Å². The van der Waals surface area contributed by atoms with E-state index in [1.54, 1.807) is 7.11 Å². The maximum absolute atomic E-state index is 5.46. The first-order chi connectivity index (χ1) is 8.86. The quantitative estimate of drug-likeness (QED) is 0.876. The van der Waals surface area contributed by atoms with Gasteiger partial charge in [0.05, 0.1) is 37.6 Å². The van der Waals surface area contributed by atoms with Crippen LogP contribution >= 0.6 is 0 Å². The lowest BCUT2D eigenvalue weighted by Gasteiger charge is -2.23. The summed E-state index contributed by atoms with van der Waals surface area (Å²) in [6, 6.07) is 10.2. The van der Waals surface area contributed by atoms with Gasteiger partial charge in [-0.2, -0.15) is 0 Å². The normalized spacial score (nSPS) is 19.9. The Morgan fingerprint density at radius 3 is 3.06 bits per heavy atom. The molecule has 0 radical (unpaired) electrons. The van der Waals surface area contributed by atoms with Crippen LogP contribution in [0.1, 0.15) is 11.7 Å². The summed E-state index contributed by atoms with van der Waals surface area (Å²) >= 11 is 0. The lowest BCUT2D eigenvalue weighted by Crippen LogP contribution is -2.35. The fraction of sp³-hybridized carbons (Fsp3) is 0.357. The van der Waals surface area contributed by atoms with Crippen molar-refractivity contribution < 1.29 is 9.47 Å². The van der Waals surface area contributed by atoms with Gasteiger partial charge in [0.1, 0.15) is 5.75 Å². The molecule has 1 aromatic carbocycles. The van der Waals surface area contributed by atoms with E-state index >= 15 is 0 Å². The van der Waals surface area contributed by atoms with Crippen molar-refractivity contribution in [2.45, 2.75) is 6.04 Å². The Morgan fingerprint density at radius 2 is 2.28 bits per heavy atom. The van der Waals surface area contributed by atoms with E-state index in [1.165, 1.54) is 0 Å². The van der Waals surface area contributed by atoms with Crippen molar-refractivity contribution >= 4 is 10.9 Å². The number of morpholine rings is 1. The van der Waals surface area contributed by atoms with Crippen LogP contribution in [0.3, 0.4) is 0 Å². The molecule has 4 heteroatoms. The molecule has 0 amide bonds. The molecule has 3 rings (SSSR count). The van der Waals surface area contributed by atoms with Gasteiger partial charge in [-0.05, 0) is 24.3 Å². The number of nitrogens with one attached hydrogen (secondary N) is 1. The molecule has 2 aromatic rings. The van der Waals surface area contributed by atoms with Gasteiger partial charge in [-0.3, -0.25) is 4.98 Å². The van der Waals surface area contributed by atoms with Crippen LogP contribution in [0.15, 0.2) is 30.3 Å². The Labute approximate surface area is 106 Å². The Hall–Kier alpha value is -1.65. The fourth-order valence-electron chi connectivity index (χ4n) is 2.20. The third-order valence-corrected chi connectivity index (χ3v) is 3.20. The average molecular weight is 244 g/mol. The van der Waals surface area contributed by atoms with E-state index in [-0.39, 0.29) is 6.04 Å². The highest BCUT2D eigenvalue weighted by atomic mass is 16.5. The van der Waals surface area contributed by atoms with Crippen LogP contribution in [0.2, 0.25) is 0 Å². The third kappa shape index (κ3) is 2.17. The second-order valence-corrected chi connectivity index (χ2v) is 4.38. The molecule has 1 saturated heterocycles. The number of hydrogen-bond donors (Lipinski definition) is 1. The number of aromatic nitrogens is 1. The molecule has 1 aliphatic rings. The van der Waals surface area contributed by atoms with Crippen molar-refractivity contribution in [2.75, 3.05) is 26.9 Å². The lowest BCUT2D eigenvalue weighted by molar-refractivity contribution is 0.0757. The van der Waals surface area contributed by atoms with E-state index in [2.05, 4.69) is 16.4 Å².